The second-order valence-electron chi connectivity index (χ2n) is 5.43. The normalized spacial score (nSPS) is 13.4. The summed E-state index contributed by atoms with van der Waals surface area (Å²) in [6.45, 7) is 1.96. The molecule has 0 radical (unpaired) electrons. The van der Waals surface area contributed by atoms with E-state index >= 15 is 0 Å². The van der Waals surface area contributed by atoms with Gasteiger partial charge in [-0.05, 0) is 38.0 Å². The number of esters is 1. The van der Waals surface area contributed by atoms with Gasteiger partial charge in [-0.1, -0.05) is 34.5 Å². The molecule has 25 heavy (non-hydrogen) atoms. The molecule has 3 rings (SSSR count). The van der Waals surface area contributed by atoms with Gasteiger partial charge >= 0.3 is 5.97 Å². The lowest BCUT2D eigenvalue weighted by atomic mass is 10.3. The number of carbonyl (C=O) groups is 2. The van der Waals surface area contributed by atoms with E-state index in [1.165, 1.54) is 0 Å². The number of benzene rings is 1. The van der Waals surface area contributed by atoms with Gasteiger partial charge in [0, 0.05) is 11.6 Å². The summed E-state index contributed by atoms with van der Waals surface area (Å²) in [5, 5.41) is 7.04. The van der Waals surface area contributed by atoms with Gasteiger partial charge in [-0.2, -0.15) is 0 Å². The van der Waals surface area contributed by atoms with Crippen LogP contribution >= 0.6 is 34.5 Å². The van der Waals surface area contributed by atoms with Crippen molar-refractivity contribution in [1.82, 2.24) is 4.98 Å². The van der Waals surface area contributed by atoms with Crippen LogP contribution in [0, 0.1) is 5.92 Å². The lowest BCUT2D eigenvalue weighted by molar-refractivity contribution is -0.117. The molecule has 0 bridgehead atoms. The molecular formula is C16H15Cl2N3O3S. The van der Waals surface area contributed by atoms with Crippen LogP contribution in [0.4, 0.5) is 16.6 Å². The van der Waals surface area contributed by atoms with E-state index in [0.717, 1.165) is 24.2 Å². The van der Waals surface area contributed by atoms with Gasteiger partial charge in [0.2, 0.25) is 5.91 Å². The summed E-state index contributed by atoms with van der Waals surface area (Å²) in [6.07, 6.45) is 1.72. The molecule has 2 aromatic rings. The number of nitrogens with zero attached hydrogens (tertiary/aromatic N) is 1. The summed E-state index contributed by atoms with van der Waals surface area (Å²) in [7, 11) is 0. The van der Waals surface area contributed by atoms with Gasteiger partial charge in [-0.15, -0.1) is 0 Å². The van der Waals surface area contributed by atoms with Crippen LogP contribution in [-0.4, -0.2) is 23.5 Å². The molecule has 1 aromatic heterocycles. The fraction of sp³-hybridized carbons (Fsp3) is 0.312. The zero-order chi connectivity index (χ0) is 18.0. The number of halogens is 2. The van der Waals surface area contributed by atoms with Gasteiger partial charge in [0.25, 0.3) is 0 Å². The maximum atomic E-state index is 12.1. The number of nitrogens with one attached hydrogen (secondary N) is 2. The Morgan fingerprint density at radius 2 is 2.08 bits per heavy atom. The van der Waals surface area contributed by atoms with E-state index in [0.29, 0.717) is 20.9 Å². The SMILES string of the molecule is CCOC(=O)c1sc(Nc2ccc(Cl)c(Cl)c2)nc1NC(=O)C1CC1. The van der Waals surface area contributed by atoms with E-state index in [-0.39, 0.29) is 29.1 Å². The highest BCUT2D eigenvalue weighted by atomic mass is 35.5. The highest BCUT2D eigenvalue weighted by molar-refractivity contribution is 7.18. The van der Waals surface area contributed by atoms with Crippen LogP contribution < -0.4 is 10.6 Å². The Hall–Kier alpha value is -1.83. The summed E-state index contributed by atoms with van der Waals surface area (Å²) in [4.78, 5) is 28.7. The van der Waals surface area contributed by atoms with Crippen LogP contribution in [0.3, 0.4) is 0 Å². The van der Waals surface area contributed by atoms with Crippen molar-refractivity contribution in [3.63, 3.8) is 0 Å². The molecule has 132 valence electrons. The van der Waals surface area contributed by atoms with Crippen molar-refractivity contribution in [1.29, 1.82) is 0 Å². The van der Waals surface area contributed by atoms with Gasteiger partial charge in [-0.25, -0.2) is 9.78 Å². The minimum atomic E-state index is -0.520. The molecule has 1 heterocycles. The number of thiazole rings is 1. The molecule has 9 heteroatoms. The van der Waals surface area contributed by atoms with Crippen LogP contribution in [0.2, 0.25) is 10.0 Å². The number of hydrogen-bond donors (Lipinski definition) is 2. The van der Waals surface area contributed by atoms with E-state index in [1.54, 1.807) is 25.1 Å². The van der Waals surface area contributed by atoms with Crippen molar-refractivity contribution in [2.24, 2.45) is 5.92 Å². The van der Waals surface area contributed by atoms with Crippen molar-refractivity contribution < 1.29 is 14.3 Å². The van der Waals surface area contributed by atoms with Crippen LogP contribution in [0.1, 0.15) is 29.4 Å². The minimum Gasteiger partial charge on any atom is -0.462 e. The van der Waals surface area contributed by atoms with Crippen LogP contribution in [-0.2, 0) is 9.53 Å². The number of carbonyl (C=O) groups excluding carboxylic acids is 2. The Morgan fingerprint density at radius 3 is 2.72 bits per heavy atom. The predicted octanol–water partition coefficient (Wildman–Crippen LogP) is 4.72. The highest BCUT2D eigenvalue weighted by Gasteiger charge is 2.31. The average molecular weight is 400 g/mol. The Morgan fingerprint density at radius 1 is 1.32 bits per heavy atom. The molecule has 0 unspecified atom stereocenters. The first-order valence-corrected chi connectivity index (χ1v) is 9.26. The Balaban J connectivity index is 1.84. The molecule has 1 aliphatic carbocycles. The van der Waals surface area contributed by atoms with Crippen LogP contribution in [0.15, 0.2) is 18.2 Å². The van der Waals surface area contributed by atoms with E-state index in [4.69, 9.17) is 27.9 Å². The molecular weight excluding hydrogens is 385 g/mol. The third-order valence-corrected chi connectivity index (χ3v) is 5.14. The summed E-state index contributed by atoms with van der Waals surface area (Å²) < 4.78 is 5.04. The summed E-state index contributed by atoms with van der Waals surface area (Å²) >= 11 is 13.0. The molecule has 1 aromatic carbocycles. The lowest BCUT2D eigenvalue weighted by Crippen LogP contribution is -2.16. The molecule has 1 saturated carbocycles. The fourth-order valence-corrected chi connectivity index (χ4v) is 3.19. The average Bonchev–Trinajstić information content (AvgIpc) is 3.34. The molecule has 1 fully saturated rings. The number of hydrogen-bond acceptors (Lipinski definition) is 6. The topological polar surface area (TPSA) is 80.3 Å². The molecule has 1 aliphatic rings. The monoisotopic (exact) mass is 399 g/mol. The summed E-state index contributed by atoms with van der Waals surface area (Å²) in [5.74, 6) is -0.434. The van der Waals surface area contributed by atoms with E-state index in [1.807, 2.05) is 0 Å². The Bertz CT molecular complexity index is 821. The number of rotatable bonds is 6. The molecule has 0 aliphatic heterocycles. The first-order valence-electron chi connectivity index (χ1n) is 7.68. The van der Waals surface area contributed by atoms with E-state index in [2.05, 4.69) is 15.6 Å². The van der Waals surface area contributed by atoms with E-state index in [9.17, 15) is 9.59 Å². The molecule has 2 N–H and O–H groups in total. The predicted molar refractivity (Wildman–Crippen MR) is 99.2 cm³/mol. The molecule has 0 saturated heterocycles. The smallest absolute Gasteiger partial charge is 0.352 e. The quantitative estimate of drug-likeness (QED) is 0.686. The zero-order valence-corrected chi connectivity index (χ0v) is 15.6. The van der Waals surface area contributed by atoms with Crippen molar-refractivity contribution in [2.75, 3.05) is 17.2 Å². The molecule has 6 nitrogen and oxygen atoms in total. The summed E-state index contributed by atoms with van der Waals surface area (Å²) in [5.41, 5.74) is 0.665. The van der Waals surface area contributed by atoms with Gasteiger partial charge < -0.3 is 15.4 Å². The molecule has 1 amide bonds. The van der Waals surface area contributed by atoms with Crippen LogP contribution in [0.25, 0.3) is 0 Å². The van der Waals surface area contributed by atoms with Crippen LogP contribution in [0.5, 0.6) is 0 Å². The Kier molecular flexibility index (Phi) is 5.46. The number of ether oxygens (including phenoxy) is 1. The maximum absolute atomic E-state index is 12.1. The third kappa shape index (κ3) is 4.42. The standard InChI is InChI=1S/C16H15Cl2N3O3S/c1-2-24-15(23)12-13(20-14(22)8-3-4-8)21-16(25-12)19-9-5-6-10(17)11(18)7-9/h5-8H,2-4H2,1H3,(H,19,21)(H,20,22). The number of amides is 1. The first kappa shape index (κ1) is 18.0. The highest BCUT2D eigenvalue weighted by Crippen LogP contribution is 2.34. The zero-order valence-electron chi connectivity index (χ0n) is 13.3. The molecule has 0 spiro atoms. The van der Waals surface area contributed by atoms with Gasteiger partial charge in [0.15, 0.2) is 15.8 Å². The first-order chi connectivity index (χ1) is 12.0. The van der Waals surface area contributed by atoms with Crippen molar-refractivity contribution in [3.8, 4) is 0 Å². The maximum Gasteiger partial charge on any atom is 0.352 e. The van der Waals surface area contributed by atoms with Crippen molar-refractivity contribution in [2.45, 2.75) is 19.8 Å². The second kappa shape index (κ2) is 7.59. The fourth-order valence-electron chi connectivity index (χ4n) is 2.05. The van der Waals surface area contributed by atoms with Gasteiger partial charge in [-0.3, -0.25) is 4.79 Å². The van der Waals surface area contributed by atoms with Crippen molar-refractivity contribution >= 4 is 63.1 Å². The number of anilines is 3. The van der Waals surface area contributed by atoms with E-state index < -0.39 is 5.97 Å². The molecule has 0 atom stereocenters. The van der Waals surface area contributed by atoms with Gasteiger partial charge in [0.1, 0.15) is 0 Å². The lowest BCUT2D eigenvalue weighted by Gasteiger charge is -2.04. The second-order valence-corrected chi connectivity index (χ2v) is 7.25. The number of aromatic nitrogens is 1. The van der Waals surface area contributed by atoms with Gasteiger partial charge in [0.05, 0.1) is 16.7 Å². The summed E-state index contributed by atoms with van der Waals surface area (Å²) in [6, 6.07) is 5.04. The van der Waals surface area contributed by atoms with Crippen molar-refractivity contribution in [3.05, 3.63) is 33.1 Å². The minimum absolute atomic E-state index is 0.00299. The third-order valence-electron chi connectivity index (χ3n) is 3.45. The largest absolute Gasteiger partial charge is 0.462 e. The Labute approximate surface area is 158 Å².